The highest BCUT2D eigenvalue weighted by Gasteiger charge is 2.13. The van der Waals surface area contributed by atoms with Crippen molar-refractivity contribution in [1.82, 2.24) is 9.97 Å². The van der Waals surface area contributed by atoms with Crippen molar-refractivity contribution < 1.29 is 9.47 Å². The van der Waals surface area contributed by atoms with E-state index < -0.39 is 0 Å². The van der Waals surface area contributed by atoms with Crippen LogP contribution >= 0.6 is 12.2 Å². The fourth-order valence-electron chi connectivity index (χ4n) is 2.02. The summed E-state index contributed by atoms with van der Waals surface area (Å²) in [5, 5.41) is 0.909. The largest absolute Gasteiger partial charge is 0.490 e. The second-order valence-corrected chi connectivity index (χ2v) is 4.62. The van der Waals surface area contributed by atoms with E-state index in [9.17, 15) is 0 Å². The first kappa shape index (κ1) is 11.5. The summed E-state index contributed by atoms with van der Waals surface area (Å²) in [7, 11) is 0. The topological polar surface area (TPSA) is 47.1 Å². The summed E-state index contributed by atoms with van der Waals surface area (Å²) in [4.78, 5) is 7.63. The van der Waals surface area contributed by atoms with Crippen LogP contribution in [0.25, 0.3) is 10.9 Å². The lowest BCUT2D eigenvalue weighted by Gasteiger charge is -2.09. The van der Waals surface area contributed by atoms with Crippen molar-refractivity contribution in [3.8, 4) is 11.5 Å². The van der Waals surface area contributed by atoms with E-state index in [2.05, 4.69) is 9.97 Å². The number of nitrogens with zero attached hydrogens (tertiary/aromatic N) is 1. The zero-order chi connectivity index (χ0) is 12.5. The van der Waals surface area contributed by atoms with Crippen LogP contribution in [0.3, 0.4) is 0 Å². The van der Waals surface area contributed by atoms with Gasteiger partial charge in [0, 0.05) is 24.3 Å². The molecule has 0 spiro atoms. The summed E-state index contributed by atoms with van der Waals surface area (Å²) in [6.07, 6.45) is 1.72. The van der Waals surface area contributed by atoms with Gasteiger partial charge in [-0.2, -0.15) is 0 Å². The first-order valence-electron chi connectivity index (χ1n) is 6.10. The molecule has 4 nitrogen and oxygen atoms in total. The number of hydrogen-bond donors (Lipinski definition) is 1. The van der Waals surface area contributed by atoms with Crippen LogP contribution in [-0.2, 0) is 6.42 Å². The first-order valence-corrected chi connectivity index (χ1v) is 6.51. The number of fused-ring (bicyclic) bond motifs is 2. The number of hydrogen-bond acceptors (Lipinski definition) is 4. The van der Waals surface area contributed by atoms with Crippen molar-refractivity contribution in [2.75, 3.05) is 13.2 Å². The molecule has 0 atom stereocenters. The van der Waals surface area contributed by atoms with Gasteiger partial charge < -0.3 is 14.5 Å². The van der Waals surface area contributed by atoms with E-state index in [1.54, 1.807) is 0 Å². The Balaban J connectivity index is 2.25. The monoisotopic (exact) mass is 262 g/mol. The Hall–Kier alpha value is -1.62. The number of rotatable bonds is 1. The quantitative estimate of drug-likeness (QED) is 0.802. The van der Waals surface area contributed by atoms with Crippen LogP contribution in [0.4, 0.5) is 0 Å². The number of aryl methyl sites for hydroxylation is 1. The molecule has 3 rings (SSSR count). The number of ether oxygens (including phenoxy) is 2. The van der Waals surface area contributed by atoms with E-state index in [0.29, 0.717) is 17.9 Å². The molecule has 0 unspecified atom stereocenters. The van der Waals surface area contributed by atoms with Crippen molar-refractivity contribution in [1.29, 1.82) is 0 Å². The van der Waals surface area contributed by atoms with Gasteiger partial charge in [-0.15, -0.1) is 0 Å². The Morgan fingerprint density at radius 3 is 2.72 bits per heavy atom. The van der Waals surface area contributed by atoms with Crippen LogP contribution in [-0.4, -0.2) is 23.2 Å². The van der Waals surface area contributed by atoms with Crippen LogP contribution in [0.1, 0.15) is 19.2 Å². The molecule has 0 radical (unpaired) electrons. The number of benzene rings is 1. The Labute approximate surface area is 110 Å². The molecule has 0 saturated carbocycles. The van der Waals surface area contributed by atoms with Crippen LogP contribution < -0.4 is 9.47 Å². The third-order valence-electron chi connectivity index (χ3n) is 2.97. The summed E-state index contributed by atoms with van der Waals surface area (Å²) in [5.41, 5.74) is 0.955. The Bertz CT molecular complexity index is 651. The third kappa shape index (κ3) is 1.95. The highest BCUT2D eigenvalue weighted by Crippen LogP contribution is 2.33. The minimum Gasteiger partial charge on any atom is -0.490 e. The van der Waals surface area contributed by atoms with Crippen LogP contribution in [0, 0.1) is 4.64 Å². The van der Waals surface area contributed by atoms with Crippen LogP contribution in [0.15, 0.2) is 12.1 Å². The van der Waals surface area contributed by atoms with Gasteiger partial charge in [-0.1, -0.05) is 19.1 Å². The van der Waals surface area contributed by atoms with Crippen molar-refractivity contribution in [2.24, 2.45) is 0 Å². The fraction of sp³-hybridized carbons (Fsp3) is 0.385. The van der Waals surface area contributed by atoms with Gasteiger partial charge in [0.25, 0.3) is 0 Å². The normalized spacial score (nSPS) is 14.5. The van der Waals surface area contributed by atoms with E-state index >= 15 is 0 Å². The number of aromatic amines is 1. The van der Waals surface area contributed by atoms with E-state index in [4.69, 9.17) is 21.7 Å². The molecule has 2 heterocycles. The van der Waals surface area contributed by atoms with E-state index in [-0.39, 0.29) is 0 Å². The van der Waals surface area contributed by atoms with Crippen LogP contribution in [0.5, 0.6) is 11.5 Å². The average molecular weight is 262 g/mol. The van der Waals surface area contributed by atoms with Crippen molar-refractivity contribution >= 4 is 23.1 Å². The summed E-state index contributed by atoms with van der Waals surface area (Å²) in [6.45, 7) is 3.41. The second kappa shape index (κ2) is 4.57. The molecule has 1 aliphatic heterocycles. The molecule has 94 valence electrons. The fourth-order valence-corrected chi connectivity index (χ4v) is 2.30. The third-order valence-corrected chi connectivity index (χ3v) is 3.28. The summed E-state index contributed by atoms with van der Waals surface area (Å²) in [5.74, 6) is 2.42. The molecular formula is C13H14N2O2S. The Morgan fingerprint density at radius 1 is 1.28 bits per heavy atom. The molecule has 1 aromatic heterocycles. The van der Waals surface area contributed by atoms with E-state index in [0.717, 1.165) is 41.1 Å². The molecule has 0 aliphatic carbocycles. The van der Waals surface area contributed by atoms with Crippen molar-refractivity contribution in [2.45, 2.75) is 19.8 Å². The maximum absolute atomic E-state index is 5.67. The second-order valence-electron chi connectivity index (χ2n) is 4.24. The predicted octanol–water partition coefficient (Wildman–Crippen LogP) is 3.02. The molecule has 1 N–H and O–H groups in total. The molecule has 0 amide bonds. The molecule has 0 bridgehead atoms. The van der Waals surface area contributed by atoms with Gasteiger partial charge in [0.05, 0.1) is 18.7 Å². The first-order chi connectivity index (χ1) is 8.78. The smallest absolute Gasteiger partial charge is 0.163 e. The maximum atomic E-state index is 5.67. The zero-order valence-electron chi connectivity index (χ0n) is 10.2. The van der Waals surface area contributed by atoms with Gasteiger partial charge >= 0.3 is 0 Å². The molecule has 1 aliphatic rings. The van der Waals surface area contributed by atoms with Gasteiger partial charge in [0.15, 0.2) is 11.5 Å². The lowest BCUT2D eigenvalue weighted by Crippen LogP contribution is -1.97. The minimum atomic E-state index is 0.608. The van der Waals surface area contributed by atoms with E-state index in [1.165, 1.54) is 0 Å². The highest BCUT2D eigenvalue weighted by atomic mass is 32.1. The van der Waals surface area contributed by atoms with Gasteiger partial charge in [0.2, 0.25) is 0 Å². The molecule has 1 aromatic carbocycles. The molecule has 0 fully saturated rings. The van der Waals surface area contributed by atoms with Gasteiger partial charge in [-0.05, 0) is 6.07 Å². The highest BCUT2D eigenvalue weighted by molar-refractivity contribution is 7.71. The molecule has 18 heavy (non-hydrogen) atoms. The van der Waals surface area contributed by atoms with E-state index in [1.807, 2.05) is 19.1 Å². The Kier molecular flexibility index (Phi) is 2.91. The number of H-pyrrole nitrogens is 1. The van der Waals surface area contributed by atoms with Crippen molar-refractivity contribution in [3.05, 3.63) is 22.6 Å². The van der Waals surface area contributed by atoms with Crippen molar-refractivity contribution in [3.63, 3.8) is 0 Å². The Morgan fingerprint density at radius 2 is 2.00 bits per heavy atom. The van der Waals surface area contributed by atoms with Gasteiger partial charge in [-0.3, -0.25) is 0 Å². The lowest BCUT2D eigenvalue weighted by atomic mass is 10.2. The lowest BCUT2D eigenvalue weighted by molar-refractivity contribution is 0.297. The zero-order valence-corrected chi connectivity index (χ0v) is 11.0. The summed E-state index contributed by atoms with van der Waals surface area (Å²) < 4.78 is 11.9. The maximum Gasteiger partial charge on any atom is 0.163 e. The van der Waals surface area contributed by atoms with Crippen LogP contribution in [0.2, 0.25) is 0 Å². The molecular weight excluding hydrogens is 248 g/mol. The average Bonchev–Trinajstić information content (AvgIpc) is 2.61. The standard InChI is InChI=1S/C13H14N2O2S/c1-2-12-14-9-7-11-10(16-4-3-5-17-11)6-8(9)13(18)15-12/h6-7H,2-5H2,1H3,(H,14,15,18). The molecule has 2 aromatic rings. The molecule has 0 saturated heterocycles. The number of aromatic nitrogens is 2. The molecule has 5 heteroatoms. The number of nitrogens with one attached hydrogen (secondary N) is 1. The predicted molar refractivity (Wildman–Crippen MR) is 71.9 cm³/mol. The summed E-state index contributed by atoms with van der Waals surface area (Å²) >= 11 is 5.32. The minimum absolute atomic E-state index is 0.608. The van der Waals surface area contributed by atoms with Gasteiger partial charge in [-0.25, -0.2) is 4.98 Å². The van der Waals surface area contributed by atoms with Gasteiger partial charge in [0.1, 0.15) is 10.5 Å². The SMILES string of the molecule is CCc1nc(=S)c2cc3c(cc2[nH]1)OCCCO3. The summed E-state index contributed by atoms with van der Waals surface area (Å²) in [6, 6.07) is 3.87.